The van der Waals surface area contributed by atoms with Crippen molar-refractivity contribution in [3.05, 3.63) is 29.8 Å². The van der Waals surface area contributed by atoms with Gasteiger partial charge in [-0.15, -0.1) is 0 Å². The van der Waals surface area contributed by atoms with Gasteiger partial charge in [0.15, 0.2) is 0 Å². The molecule has 0 aromatic heterocycles. The summed E-state index contributed by atoms with van der Waals surface area (Å²) in [4.78, 5) is 2.46. The van der Waals surface area contributed by atoms with Crippen molar-refractivity contribution >= 4 is 5.69 Å². The van der Waals surface area contributed by atoms with Crippen LogP contribution in [0.25, 0.3) is 0 Å². The van der Waals surface area contributed by atoms with Crippen molar-refractivity contribution in [1.82, 2.24) is 5.32 Å². The minimum absolute atomic E-state index is 0.266. The highest BCUT2D eigenvalue weighted by molar-refractivity contribution is 5.54. The van der Waals surface area contributed by atoms with Gasteiger partial charge in [0.1, 0.15) is 0 Å². The van der Waals surface area contributed by atoms with Crippen LogP contribution < -0.4 is 10.2 Å². The molecule has 0 saturated carbocycles. The van der Waals surface area contributed by atoms with E-state index in [1.54, 1.807) is 0 Å². The molecule has 1 unspecified atom stereocenters. The van der Waals surface area contributed by atoms with Crippen molar-refractivity contribution < 1.29 is 5.11 Å². The lowest BCUT2D eigenvalue weighted by Gasteiger charge is -2.30. The zero-order chi connectivity index (χ0) is 13.9. The van der Waals surface area contributed by atoms with Crippen LogP contribution in [-0.4, -0.2) is 29.8 Å². The maximum absolute atomic E-state index is 9.77. The van der Waals surface area contributed by atoms with E-state index in [1.165, 1.54) is 24.1 Å². The van der Waals surface area contributed by atoms with Crippen LogP contribution in [-0.2, 0) is 6.54 Å². The summed E-state index contributed by atoms with van der Waals surface area (Å²) < 4.78 is 0. The topological polar surface area (TPSA) is 35.5 Å². The van der Waals surface area contributed by atoms with E-state index in [9.17, 15) is 5.11 Å². The van der Waals surface area contributed by atoms with E-state index in [1.807, 2.05) is 20.8 Å². The summed E-state index contributed by atoms with van der Waals surface area (Å²) in [6.45, 7) is 9.03. The molecule has 1 heterocycles. The quantitative estimate of drug-likeness (QED) is 0.856. The van der Waals surface area contributed by atoms with E-state index < -0.39 is 0 Å². The number of hydrogen-bond donors (Lipinski definition) is 2. The summed E-state index contributed by atoms with van der Waals surface area (Å²) in [5, 5.41) is 13.2. The predicted molar refractivity (Wildman–Crippen MR) is 80.5 cm³/mol. The van der Waals surface area contributed by atoms with Crippen molar-refractivity contribution in [2.45, 2.75) is 51.8 Å². The Balaban J connectivity index is 2.08. The maximum Gasteiger partial charge on any atom is 0.0688 e. The van der Waals surface area contributed by atoms with E-state index in [0.717, 1.165) is 19.6 Å². The minimum Gasteiger partial charge on any atom is -0.392 e. The van der Waals surface area contributed by atoms with Crippen LogP contribution in [0.15, 0.2) is 24.3 Å². The van der Waals surface area contributed by atoms with Crippen LogP contribution in [0.2, 0.25) is 0 Å². The van der Waals surface area contributed by atoms with Gasteiger partial charge in [-0.25, -0.2) is 0 Å². The molecule has 1 aromatic rings. The lowest BCUT2D eigenvalue weighted by molar-refractivity contribution is 0.0957. The number of rotatable bonds is 5. The Labute approximate surface area is 116 Å². The number of para-hydroxylation sites is 1. The molecule has 2 N–H and O–H groups in total. The zero-order valence-corrected chi connectivity index (χ0v) is 12.3. The van der Waals surface area contributed by atoms with Crippen LogP contribution in [0.4, 0.5) is 5.69 Å². The first kappa shape index (κ1) is 14.4. The monoisotopic (exact) mass is 262 g/mol. The molecule has 1 aliphatic rings. The molecule has 0 amide bonds. The first-order valence-electron chi connectivity index (χ1n) is 7.26. The smallest absolute Gasteiger partial charge is 0.0688 e. The molecular weight excluding hydrogens is 236 g/mol. The lowest BCUT2D eigenvalue weighted by Crippen LogP contribution is -2.47. The maximum atomic E-state index is 9.77. The van der Waals surface area contributed by atoms with Crippen LogP contribution in [0, 0.1) is 0 Å². The van der Waals surface area contributed by atoms with Gasteiger partial charge in [-0.05, 0) is 45.2 Å². The highest BCUT2D eigenvalue weighted by Gasteiger charge is 2.24. The number of nitrogens with zero attached hydrogens (tertiary/aromatic N) is 1. The average Bonchev–Trinajstić information content (AvgIpc) is 2.90. The summed E-state index contributed by atoms with van der Waals surface area (Å²) in [6, 6.07) is 8.58. The van der Waals surface area contributed by atoms with Crippen LogP contribution in [0.3, 0.4) is 0 Å². The lowest BCUT2D eigenvalue weighted by atomic mass is 9.98. The molecule has 1 saturated heterocycles. The Hall–Kier alpha value is -1.06. The SMILES string of the molecule is CC(O)C(C)(C)NCc1ccccc1N1CCCC1. The molecule has 1 aromatic carbocycles. The summed E-state index contributed by atoms with van der Waals surface area (Å²) in [7, 11) is 0. The summed E-state index contributed by atoms with van der Waals surface area (Å²) >= 11 is 0. The second-order valence-corrected chi connectivity index (χ2v) is 6.07. The van der Waals surface area contributed by atoms with Crippen molar-refractivity contribution in [2.75, 3.05) is 18.0 Å². The second-order valence-electron chi connectivity index (χ2n) is 6.07. The highest BCUT2D eigenvalue weighted by Crippen LogP contribution is 2.25. The Morgan fingerprint density at radius 1 is 1.26 bits per heavy atom. The highest BCUT2D eigenvalue weighted by atomic mass is 16.3. The van der Waals surface area contributed by atoms with Gasteiger partial charge < -0.3 is 15.3 Å². The zero-order valence-electron chi connectivity index (χ0n) is 12.3. The van der Waals surface area contributed by atoms with E-state index >= 15 is 0 Å². The largest absolute Gasteiger partial charge is 0.392 e. The number of benzene rings is 1. The third-order valence-electron chi connectivity index (χ3n) is 4.22. The molecule has 1 fully saturated rings. The molecule has 0 bridgehead atoms. The molecular formula is C16H26N2O. The summed E-state index contributed by atoms with van der Waals surface area (Å²) in [5.41, 5.74) is 2.39. The Morgan fingerprint density at radius 2 is 1.89 bits per heavy atom. The number of hydrogen-bond acceptors (Lipinski definition) is 3. The number of aliphatic hydroxyl groups is 1. The Kier molecular flexibility index (Phi) is 4.48. The average molecular weight is 262 g/mol. The standard InChI is InChI=1S/C16H26N2O/c1-13(19)16(2,3)17-12-14-8-4-5-9-15(14)18-10-6-7-11-18/h4-5,8-9,13,17,19H,6-7,10-12H2,1-3H3. The molecule has 0 spiro atoms. The third kappa shape index (κ3) is 3.48. The molecule has 3 nitrogen and oxygen atoms in total. The molecule has 0 radical (unpaired) electrons. The summed E-state index contributed by atoms with van der Waals surface area (Å²) in [6.07, 6.45) is 2.22. The van der Waals surface area contributed by atoms with Crippen molar-refractivity contribution in [1.29, 1.82) is 0 Å². The number of aliphatic hydroxyl groups excluding tert-OH is 1. The van der Waals surface area contributed by atoms with Crippen LogP contribution in [0.1, 0.15) is 39.2 Å². The molecule has 19 heavy (non-hydrogen) atoms. The fourth-order valence-corrected chi connectivity index (χ4v) is 2.40. The van der Waals surface area contributed by atoms with Crippen molar-refractivity contribution in [3.63, 3.8) is 0 Å². The molecule has 1 aliphatic heterocycles. The van der Waals surface area contributed by atoms with E-state index in [2.05, 4.69) is 34.5 Å². The Bertz CT molecular complexity index is 409. The van der Waals surface area contributed by atoms with Gasteiger partial charge in [0, 0.05) is 30.9 Å². The van der Waals surface area contributed by atoms with Crippen LogP contribution >= 0.6 is 0 Å². The normalized spacial score (nSPS) is 17.8. The van der Waals surface area contributed by atoms with E-state index in [-0.39, 0.29) is 11.6 Å². The second kappa shape index (κ2) is 5.93. The first-order chi connectivity index (χ1) is 9.00. The van der Waals surface area contributed by atoms with Crippen LogP contribution in [0.5, 0.6) is 0 Å². The minimum atomic E-state index is -0.369. The first-order valence-corrected chi connectivity index (χ1v) is 7.26. The van der Waals surface area contributed by atoms with Crippen molar-refractivity contribution in [3.8, 4) is 0 Å². The van der Waals surface area contributed by atoms with E-state index in [4.69, 9.17) is 0 Å². The van der Waals surface area contributed by atoms with Gasteiger partial charge in [0.25, 0.3) is 0 Å². The summed E-state index contributed by atoms with van der Waals surface area (Å²) in [5.74, 6) is 0. The van der Waals surface area contributed by atoms with Gasteiger partial charge in [0.05, 0.1) is 6.10 Å². The Morgan fingerprint density at radius 3 is 2.53 bits per heavy atom. The van der Waals surface area contributed by atoms with Gasteiger partial charge in [-0.1, -0.05) is 18.2 Å². The van der Waals surface area contributed by atoms with E-state index in [0.29, 0.717) is 0 Å². The fraction of sp³-hybridized carbons (Fsp3) is 0.625. The number of anilines is 1. The molecule has 106 valence electrons. The molecule has 0 aliphatic carbocycles. The number of nitrogens with one attached hydrogen (secondary N) is 1. The van der Waals surface area contributed by atoms with Gasteiger partial charge >= 0.3 is 0 Å². The molecule has 1 atom stereocenters. The van der Waals surface area contributed by atoms with Crippen molar-refractivity contribution in [2.24, 2.45) is 0 Å². The van der Waals surface area contributed by atoms with Gasteiger partial charge in [-0.2, -0.15) is 0 Å². The third-order valence-corrected chi connectivity index (χ3v) is 4.22. The van der Waals surface area contributed by atoms with Gasteiger partial charge in [0.2, 0.25) is 0 Å². The molecule has 3 heteroatoms. The molecule has 2 rings (SSSR count). The van der Waals surface area contributed by atoms with Gasteiger partial charge in [-0.3, -0.25) is 0 Å². The fourth-order valence-electron chi connectivity index (χ4n) is 2.40. The predicted octanol–water partition coefficient (Wildman–Crippen LogP) is 2.54.